The van der Waals surface area contributed by atoms with Crippen molar-refractivity contribution >= 4 is 51.8 Å². The summed E-state index contributed by atoms with van der Waals surface area (Å²) in [4.78, 5) is 45.2. The number of halogens is 1. The maximum absolute atomic E-state index is 13.5. The molecule has 1 unspecified atom stereocenters. The van der Waals surface area contributed by atoms with Gasteiger partial charge in [-0.3, -0.25) is 13.8 Å². The predicted octanol–water partition coefficient (Wildman–Crippen LogP) is 5.76. The first-order chi connectivity index (χ1) is 19.9. The Kier molecular flexibility index (Phi) is 9.85. The standard InChI is InChI=1S/C30H33ClN4O6S/c1-30(2,3)41-29(38)35-15-13-20(14-16-35)40-25-17-21(42(4)39)10-11-23(25)28(37)33-24-8-6-5-7-22(24)27(36)34-26-12-9-19(31)18-32-26/h5-12,17-18,20H,13-16H2,1-4H3,(H,33,37)(H,32,34,36). The topological polar surface area (TPSA) is 127 Å². The van der Waals surface area contributed by atoms with E-state index in [0.29, 0.717) is 41.7 Å². The molecule has 2 N–H and O–H groups in total. The van der Waals surface area contributed by atoms with Crippen LogP contribution in [0, 0.1) is 0 Å². The summed E-state index contributed by atoms with van der Waals surface area (Å²) in [5.41, 5.74) is 0.141. The number of carbonyl (C=O) groups is 3. The van der Waals surface area contributed by atoms with Gasteiger partial charge in [0.2, 0.25) is 0 Å². The molecular weight excluding hydrogens is 580 g/mol. The van der Waals surface area contributed by atoms with Gasteiger partial charge < -0.3 is 25.0 Å². The van der Waals surface area contributed by atoms with E-state index in [1.165, 1.54) is 6.20 Å². The van der Waals surface area contributed by atoms with Crippen molar-refractivity contribution in [1.29, 1.82) is 0 Å². The molecule has 42 heavy (non-hydrogen) atoms. The number of hydrogen-bond donors (Lipinski definition) is 2. The molecular formula is C30H33ClN4O6S. The summed E-state index contributed by atoms with van der Waals surface area (Å²) in [6.07, 6.45) is 3.37. The van der Waals surface area contributed by atoms with Crippen LogP contribution in [0.15, 0.2) is 65.7 Å². The molecule has 10 nitrogen and oxygen atoms in total. The molecule has 12 heteroatoms. The molecule has 1 aromatic heterocycles. The number of aromatic nitrogens is 1. The second-order valence-electron chi connectivity index (χ2n) is 10.7. The van der Waals surface area contributed by atoms with E-state index >= 15 is 0 Å². The lowest BCUT2D eigenvalue weighted by Gasteiger charge is -2.33. The Bertz CT molecular complexity index is 1480. The van der Waals surface area contributed by atoms with Gasteiger partial charge in [0.05, 0.1) is 21.8 Å². The molecule has 0 bridgehead atoms. The molecule has 1 aliphatic heterocycles. The van der Waals surface area contributed by atoms with E-state index in [4.69, 9.17) is 21.1 Å². The van der Waals surface area contributed by atoms with Crippen LogP contribution < -0.4 is 15.4 Å². The lowest BCUT2D eigenvalue weighted by molar-refractivity contribution is 0.0126. The van der Waals surface area contributed by atoms with Gasteiger partial charge in [-0.15, -0.1) is 0 Å². The minimum absolute atomic E-state index is 0.216. The van der Waals surface area contributed by atoms with Gasteiger partial charge in [0.1, 0.15) is 23.3 Å². The van der Waals surface area contributed by atoms with Crippen LogP contribution in [0.3, 0.4) is 0 Å². The number of nitrogens with zero attached hydrogens (tertiary/aromatic N) is 2. The van der Waals surface area contributed by atoms with Gasteiger partial charge in [-0.05, 0) is 63.2 Å². The lowest BCUT2D eigenvalue weighted by atomic mass is 10.1. The van der Waals surface area contributed by atoms with Gasteiger partial charge in [0.15, 0.2) is 0 Å². The molecule has 3 aromatic rings. The highest BCUT2D eigenvalue weighted by Gasteiger charge is 2.29. The Balaban J connectivity index is 1.50. The molecule has 0 radical (unpaired) electrons. The number of nitrogens with one attached hydrogen (secondary N) is 2. The van der Waals surface area contributed by atoms with Crippen LogP contribution in [0.5, 0.6) is 5.75 Å². The first-order valence-electron chi connectivity index (χ1n) is 13.3. The van der Waals surface area contributed by atoms with E-state index in [-0.39, 0.29) is 34.8 Å². The van der Waals surface area contributed by atoms with Crippen LogP contribution >= 0.6 is 11.6 Å². The first kappa shape index (κ1) is 31.0. The van der Waals surface area contributed by atoms with Gasteiger partial charge in [0.25, 0.3) is 11.8 Å². The zero-order chi connectivity index (χ0) is 30.4. The van der Waals surface area contributed by atoms with Crippen molar-refractivity contribution < 1.29 is 28.1 Å². The molecule has 0 aliphatic carbocycles. The van der Waals surface area contributed by atoms with Crippen LogP contribution in [-0.4, -0.2) is 63.1 Å². The van der Waals surface area contributed by atoms with E-state index in [2.05, 4.69) is 15.6 Å². The van der Waals surface area contributed by atoms with Crippen molar-refractivity contribution in [3.05, 3.63) is 76.9 Å². The van der Waals surface area contributed by atoms with E-state index < -0.39 is 28.2 Å². The fourth-order valence-electron chi connectivity index (χ4n) is 4.24. The monoisotopic (exact) mass is 612 g/mol. The van der Waals surface area contributed by atoms with Gasteiger partial charge in [-0.1, -0.05) is 23.7 Å². The molecule has 1 atom stereocenters. The third kappa shape index (κ3) is 8.29. The molecule has 2 heterocycles. The average molecular weight is 613 g/mol. The van der Waals surface area contributed by atoms with Crippen molar-refractivity contribution in [3.8, 4) is 5.75 Å². The third-order valence-electron chi connectivity index (χ3n) is 6.31. The van der Waals surface area contributed by atoms with Crippen LogP contribution in [0.1, 0.15) is 54.3 Å². The quantitative estimate of drug-likeness (QED) is 0.347. The van der Waals surface area contributed by atoms with Gasteiger partial charge >= 0.3 is 6.09 Å². The molecule has 3 amide bonds. The fraction of sp³-hybridized carbons (Fsp3) is 0.333. The summed E-state index contributed by atoms with van der Waals surface area (Å²) >= 11 is 5.88. The van der Waals surface area contributed by atoms with Crippen molar-refractivity contribution in [3.63, 3.8) is 0 Å². The van der Waals surface area contributed by atoms with Crippen molar-refractivity contribution in [1.82, 2.24) is 9.88 Å². The molecule has 4 rings (SSSR count). The Morgan fingerprint density at radius 1 is 0.976 bits per heavy atom. The van der Waals surface area contributed by atoms with Crippen molar-refractivity contribution in [2.75, 3.05) is 30.0 Å². The number of carbonyl (C=O) groups excluding carboxylic acids is 3. The fourth-order valence-corrected chi connectivity index (χ4v) is 4.89. The summed E-state index contributed by atoms with van der Waals surface area (Å²) < 4.78 is 23.9. The SMILES string of the molecule is CS(=O)c1ccc(C(=O)Nc2ccccc2C(=O)Nc2ccc(Cl)cn2)c(OC2CCN(C(=O)OC(C)(C)C)CC2)c1. The predicted molar refractivity (Wildman–Crippen MR) is 162 cm³/mol. The molecule has 2 aromatic carbocycles. The van der Waals surface area contributed by atoms with Crippen LogP contribution in [0.4, 0.5) is 16.3 Å². The second kappa shape index (κ2) is 13.3. The molecule has 1 aliphatic rings. The highest BCUT2D eigenvalue weighted by molar-refractivity contribution is 7.84. The van der Waals surface area contributed by atoms with Crippen LogP contribution in [-0.2, 0) is 15.5 Å². The third-order valence-corrected chi connectivity index (χ3v) is 7.45. The minimum Gasteiger partial charge on any atom is -0.489 e. The summed E-state index contributed by atoms with van der Waals surface area (Å²) in [6.45, 7) is 6.33. The number of amides is 3. The zero-order valence-electron chi connectivity index (χ0n) is 23.8. The molecule has 222 valence electrons. The Labute approximate surface area is 252 Å². The second-order valence-corrected chi connectivity index (χ2v) is 12.5. The zero-order valence-corrected chi connectivity index (χ0v) is 25.4. The van der Waals surface area contributed by atoms with Crippen molar-refractivity contribution in [2.45, 2.75) is 50.2 Å². The summed E-state index contributed by atoms with van der Waals surface area (Å²) in [5, 5.41) is 5.93. The number of piperidine rings is 1. The van der Waals surface area contributed by atoms with Crippen LogP contribution in [0.2, 0.25) is 5.02 Å². The normalized spacial score (nSPS) is 14.5. The molecule has 1 fully saturated rings. The summed E-state index contributed by atoms with van der Waals surface area (Å²) in [5.74, 6) is -0.398. The average Bonchev–Trinajstić information content (AvgIpc) is 2.94. The minimum atomic E-state index is -1.31. The number of ether oxygens (including phenoxy) is 2. The molecule has 1 saturated heterocycles. The summed E-state index contributed by atoms with van der Waals surface area (Å²) in [7, 11) is -1.31. The largest absolute Gasteiger partial charge is 0.489 e. The number of rotatable bonds is 7. The maximum Gasteiger partial charge on any atom is 0.410 e. The number of pyridine rings is 1. The molecule has 0 spiro atoms. The highest BCUT2D eigenvalue weighted by atomic mass is 35.5. The number of para-hydroxylation sites is 1. The number of benzene rings is 2. The lowest BCUT2D eigenvalue weighted by Crippen LogP contribution is -2.44. The Hall–Kier alpha value is -3.96. The smallest absolute Gasteiger partial charge is 0.410 e. The van der Waals surface area contributed by atoms with Gasteiger partial charge in [-0.2, -0.15) is 0 Å². The van der Waals surface area contributed by atoms with E-state index in [1.807, 2.05) is 20.8 Å². The summed E-state index contributed by atoms with van der Waals surface area (Å²) in [6, 6.07) is 14.5. The Morgan fingerprint density at radius 2 is 1.67 bits per heavy atom. The number of likely N-dealkylation sites (tertiary alicyclic amines) is 1. The van der Waals surface area contributed by atoms with E-state index in [9.17, 15) is 18.6 Å². The number of hydrogen-bond acceptors (Lipinski definition) is 7. The first-order valence-corrected chi connectivity index (χ1v) is 15.3. The van der Waals surface area contributed by atoms with Crippen LogP contribution in [0.25, 0.3) is 0 Å². The van der Waals surface area contributed by atoms with E-state index in [0.717, 1.165) is 0 Å². The Morgan fingerprint density at radius 3 is 2.31 bits per heavy atom. The maximum atomic E-state index is 13.5. The van der Waals surface area contributed by atoms with Gasteiger partial charge in [0, 0.05) is 54.1 Å². The van der Waals surface area contributed by atoms with Crippen molar-refractivity contribution in [2.24, 2.45) is 0 Å². The van der Waals surface area contributed by atoms with Gasteiger partial charge in [-0.25, -0.2) is 9.78 Å². The molecule has 0 saturated carbocycles. The van der Waals surface area contributed by atoms with E-state index in [1.54, 1.807) is 65.8 Å². The number of anilines is 2. The highest BCUT2D eigenvalue weighted by Crippen LogP contribution is 2.28.